The second-order valence-electron chi connectivity index (χ2n) is 8.52. The van der Waals surface area contributed by atoms with Gasteiger partial charge in [-0.2, -0.15) is 0 Å². The Balaban J connectivity index is 1.26. The monoisotopic (exact) mass is 450 g/mol. The number of carbonyl (C=O) groups is 2. The van der Waals surface area contributed by atoms with E-state index in [0.717, 1.165) is 23.1 Å². The molecule has 0 radical (unpaired) electrons. The molecule has 2 amide bonds. The van der Waals surface area contributed by atoms with Crippen molar-refractivity contribution in [2.45, 2.75) is 25.5 Å². The summed E-state index contributed by atoms with van der Waals surface area (Å²) in [5.74, 6) is -0.190. The van der Waals surface area contributed by atoms with Gasteiger partial charge in [0.1, 0.15) is 12.6 Å². The minimum atomic E-state index is -0.535. The summed E-state index contributed by atoms with van der Waals surface area (Å²) in [4.78, 5) is 27.3. The summed E-state index contributed by atoms with van der Waals surface area (Å²) in [6, 6.07) is 31.4. The molecule has 5 rings (SSSR count). The van der Waals surface area contributed by atoms with Gasteiger partial charge in [-0.05, 0) is 58.5 Å². The van der Waals surface area contributed by atoms with Gasteiger partial charge in [0.25, 0.3) is 0 Å². The summed E-state index contributed by atoms with van der Waals surface area (Å²) in [5.41, 5.74) is 3.73. The van der Waals surface area contributed by atoms with Gasteiger partial charge in [-0.3, -0.25) is 9.69 Å². The number of anilines is 1. The van der Waals surface area contributed by atoms with Crippen molar-refractivity contribution in [1.82, 2.24) is 4.90 Å². The lowest BCUT2D eigenvalue weighted by Crippen LogP contribution is -2.43. The molecule has 0 bridgehead atoms. The molecule has 5 nitrogen and oxygen atoms in total. The molecule has 1 heterocycles. The molecule has 0 aromatic heterocycles. The maximum Gasteiger partial charge on any atom is 0.410 e. The van der Waals surface area contributed by atoms with Crippen LogP contribution in [-0.2, 0) is 16.1 Å². The third kappa shape index (κ3) is 4.79. The number of hydrogen-bond acceptors (Lipinski definition) is 3. The first-order valence-corrected chi connectivity index (χ1v) is 11.5. The normalized spacial score (nSPS) is 15.3. The molecule has 0 aliphatic carbocycles. The van der Waals surface area contributed by atoms with Gasteiger partial charge >= 0.3 is 6.09 Å². The number of rotatable bonds is 5. The summed E-state index contributed by atoms with van der Waals surface area (Å²) in [6.07, 6.45) is 0.943. The number of likely N-dealkylation sites (tertiary alicyclic amines) is 1. The smallest absolute Gasteiger partial charge is 0.410 e. The topological polar surface area (TPSA) is 58.6 Å². The van der Waals surface area contributed by atoms with Crippen LogP contribution < -0.4 is 5.32 Å². The Morgan fingerprint density at radius 1 is 0.824 bits per heavy atom. The zero-order chi connectivity index (χ0) is 23.3. The lowest BCUT2D eigenvalue weighted by Gasteiger charge is -2.23. The van der Waals surface area contributed by atoms with E-state index < -0.39 is 12.1 Å². The Kier molecular flexibility index (Phi) is 6.25. The van der Waals surface area contributed by atoms with Crippen molar-refractivity contribution in [1.29, 1.82) is 0 Å². The first kappa shape index (κ1) is 21.7. The minimum Gasteiger partial charge on any atom is -0.445 e. The number of hydrogen-bond donors (Lipinski definition) is 1. The lowest BCUT2D eigenvalue weighted by atomic mass is 10.0. The first-order chi connectivity index (χ1) is 16.7. The maximum atomic E-state index is 13.1. The molecule has 5 heteroatoms. The molecule has 1 fully saturated rings. The molecule has 1 saturated heterocycles. The van der Waals surface area contributed by atoms with E-state index in [-0.39, 0.29) is 12.5 Å². The van der Waals surface area contributed by atoms with Crippen molar-refractivity contribution >= 4 is 28.5 Å². The van der Waals surface area contributed by atoms with Crippen LogP contribution in [0.4, 0.5) is 10.5 Å². The fourth-order valence-corrected chi connectivity index (χ4v) is 4.43. The number of amides is 2. The van der Waals surface area contributed by atoms with Gasteiger partial charge in [-0.1, -0.05) is 78.9 Å². The number of fused-ring (bicyclic) bond motifs is 1. The van der Waals surface area contributed by atoms with E-state index in [1.807, 2.05) is 66.7 Å². The minimum absolute atomic E-state index is 0.190. The molecule has 34 heavy (non-hydrogen) atoms. The average molecular weight is 451 g/mol. The van der Waals surface area contributed by atoms with Crippen LogP contribution in [-0.4, -0.2) is 29.5 Å². The Labute approximate surface area is 199 Å². The van der Waals surface area contributed by atoms with Crippen molar-refractivity contribution in [2.75, 3.05) is 11.9 Å². The number of ether oxygens (including phenoxy) is 1. The summed E-state index contributed by atoms with van der Waals surface area (Å²) in [7, 11) is 0. The summed E-state index contributed by atoms with van der Waals surface area (Å²) in [6.45, 7) is 0.709. The number of nitrogens with one attached hydrogen (secondary N) is 1. The van der Waals surface area contributed by atoms with Crippen LogP contribution in [0.5, 0.6) is 0 Å². The van der Waals surface area contributed by atoms with Crippen LogP contribution in [0.3, 0.4) is 0 Å². The number of carbonyl (C=O) groups excluding carboxylic acids is 2. The molecular formula is C29H26N2O3. The van der Waals surface area contributed by atoms with Crippen LogP contribution in [0, 0.1) is 0 Å². The molecule has 0 unspecified atom stereocenters. The van der Waals surface area contributed by atoms with Crippen molar-refractivity contribution in [3.05, 3.63) is 103 Å². The molecule has 170 valence electrons. The first-order valence-electron chi connectivity index (χ1n) is 11.5. The van der Waals surface area contributed by atoms with Crippen molar-refractivity contribution in [2.24, 2.45) is 0 Å². The largest absolute Gasteiger partial charge is 0.445 e. The Hall–Kier alpha value is -4.12. The van der Waals surface area contributed by atoms with E-state index in [4.69, 9.17) is 4.74 Å². The van der Waals surface area contributed by atoms with E-state index >= 15 is 0 Å². The van der Waals surface area contributed by atoms with Crippen molar-refractivity contribution < 1.29 is 14.3 Å². The van der Waals surface area contributed by atoms with Crippen LogP contribution in [0.1, 0.15) is 18.4 Å². The molecule has 0 saturated carbocycles. The van der Waals surface area contributed by atoms with E-state index in [1.165, 1.54) is 15.7 Å². The van der Waals surface area contributed by atoms with Gasteiger partial charge in [0.2, 0.25) is 5.91 Å². The van der Waals surface area contributed by atoms with E-state index in [0.29, 0.717) is 18.7 Å². The average Bonchev–Trinajstić information content (AvgIpc) is 3.38. The fourth-order valence-electron chi connectivity index (χ4n) is 4.43. The molecule has 0 spiro atoms. The maximum absolute atomic E-state index is 13.1. The van der Waals surface area contributed by atoms with E-state index in [2.05, 4.69) is 35.6 Å². The molecule has 4 aromatic rings. The molecule has 1 aliphatic heterocycles. The Morgan fingerprint density at radius 2 is 1.59 bits per heavy atom. The van der Waals surface area contributed by atoms with Crippen LogP contribution in [0.2, 0.25) is 0 Å². The van der Waals surface area contributed by atoms with Crippen LogP contribution >= 0.6 is 0 Å². The lowest BCUT2D eigenvalue weighted by molar-refractivity contribution is -0.120. The van der Waals surface area contributed by atoms with Gasteiger partial charge in [0.05, 0.1) is 0 Å². The van der Waals surface area contributed by atoms with E-state index in [9.17, 15) is 9.59 Å². The summed E-state index contributed by atoms with van der Waals surface area (Å²) in [5, 5.41) is 5.36. The second-order valence-corrected chi connectivity index (χ2v) is 8.52. The highest BCUT2D eigenvalue weighted by atomic mass is 16.6. The molecule has 1 N–H and O–H groups in total. The zero-order valence-corrected chi connectivity index (χ0v) is 18.8. The second kappa shape index (κ2) is 9.79. The standard InChI is InChI=1S/C29H26N2O3/c32-28(27-14-7-17-31(27)29(33)34-20-21-8-2-1-3-9-21)30-26-13-6-12-24(19-26)25-16-15-22-10-4-5-11-23(22)18-25/h1-6,8-13,15-16,18-19,27H,7,14,17,20H2,(H,30,32)/t27-/m0/s1. The molecule has 1 aliphatic rings. The summed E-state index contributed by atoms with van der Waals surface area (Å²) >= 11 is 0. The Morgan fingerprint density at radius 3 is 2.44 bits per heavy atom. The van der Waals surface area contributed by atoms with Crippen molar-refractivity contribution in [3.8, 4) is 11.1 Å². The highest BCUT2D eigenvalue weighted by Crippen LogP contribution is 2.27. The highest BCUT2D eigenvalue weighted by molar-refractivity contribution is 5.97. The SMILES string of the molecule is O=C(Nc1cccc(-c2ccc3ccccc3c2)c1)[C@@H]1CCCN1C(=O)OCc1ccccc1. The predicted octanol–water partition coefficient (Wildman–Crippen LogP) is 6.25. The number of benzene rings is 4. The van der Waals surface area contributed by atoms with E-state index in [1.54, 1.807) is 0 Å². The van der Waals surface area contributed by atoms with Crippen LogP contribution in [0.15, 0.2) is 97.1 Å². The fraction of sp³-hybridized carbons (Fsp3) is 0.172. The molecule has 4 aromatic carbocycles. The van der Waals surface area contributed by atoms with Gasteiger partial charge in [0, 0.05) is 12.2 Å². The third-order valence-electron chi connectivity index (χ3n) is 6.21. The quantitative estimate of drug-likeness (QED) is 0.391. The summed E-state index contributed by atoms with van der Waals surface area (Å²) < 4.78 is 5.46. The molecule has 1 atom stereocenters. The van der Waals surface area contributed by atoms with Crippen LogP contribution in [0.25, 0.3) is 21.9 Å². The highest BCUT2D eigenvalue weighted by Gasteiger charge is 2.35. The van der Waals surface area contributed by atoms with Gasteiger partial charge in [-0.15, -0.1) is 0 Å². The van der Waals surface area contributed by atoms with Gasteiger partial charge in [-0.25, -0.2) is 4.79 Å². The molecular weight excluding hydrogens is 424 g/mol. The third-order valence-corrected chi connectivity index (χ3v) is 6.21. The van der Waals surface area contributed by atoms with Crippen molar-refractivity contribution in [3.63, 3.8) is 0 Å². The zero-order valence-electron chi connectivity index (χ0n) is 18.8. The van der Waals surface area contributed by atoms with Gasteiger partial charge in [0.15, 0.2) is 0 Å². The predicted molar refractivity (Wildman–Crippen MR) is 134 cm³/mol. The number of nitrogens with zero attached hydrogens (tertiary/aromatic N) is 1. The Bertz CT molecular complexity index is 1320. The van der Waals surface area contributed by atoms with Gasteiger partial charge < -0.3 is 10.1 Å².